The first kappa shape index (κ1) is 11.4. The molecule has 0 bridgehead atoms. The molecule has 0 fully saturated rings. The first-order valence-electron chi connectivity index (χ1n) is 4.99. The number of rotatable bonds is 2. The number of pyridine rings is 1. The van der Waals surface area contributed by atoms with Crippen LogP contribution in [0.2, 0.25) is 0 Å². The Balaban J connectivity index is 2.40. The minimum atomic E-state index is -0.594. The maximum atomic E-state index is 13.3. The van der Waals surface area contributed by atoms with Crippen molar-refractivity contribution in [2.24, 2.45) is 0 Å². The Morgan fingerprint density at radius 1 is 1.12 bits per heavy atom. The smallest absolute Gasteiger partial charge is 0.194 e. The molecule has 2 rings (SSSR count). The van der Waals surface area contributed by atoms with E-state index in [1.54, 1.807) is 6.92 Å². The van der Waals surface area contributed by atoms with E-state index in [1.807, 2.05) is 0 Å². The van der Waals surface area contributed by atoms with Gasteiger partial charge in [0.05, 0.1) is 6.20 Å². The molecule has 0 atom stereocenters. The minimum absolute atomic E-state index is 0.105. The summed E-state index contributed by atoms with van der Waals surface area (Å²) in [6.45, 7) is 1.60. The van der Waals surface area contributed by atoms with Gasteiger partial charge in [0.25, 0.3) is 0 Å². The molecule has 0 unspecified atom stereocenters. The molecule has 1 aromatic heterocycles. The van der Waals surface area contributed by atoms with E-state index in [1.165, 1.54) is 18.3 Å². The van der Waals surface area contributed by atoms with Crippen molar-refractivity contribution in [3.63, 3.8) is 0 Å². The van der Waals surface area contributed by atoms with Gasteiger partial charge in [0.1, 0.15) is 11.6 Å². The third kappa shape index (κ3) is 2.36. The highest BCUT2D eigenvalue weighted by molar-refractivity contribution is 6.08. The van der Waals surface area contributed by atoms with Crippen LogP contribution in [0, 0.1) is 18.6 Å². The summed E-state index contributed by atoms with van der Waals surface area (Å²) in [5.41, 5.74) is 0.743. The van der Waals surface area contributed by atoms with Crippen LogP contribution in [0.25, 0.3) is 0 Å². The molecule has 0 saturated heterocycles. The molecule has 2 nitrogen and oxygen atoms in total. The Kier molecular flexibility index (Phi) is 2.95. The number of aryl methyl sites for hydroxylation is 1. The zero-order valence-electron chi connectivity index (χ0n) is 9.08. The zero-order chi connectivity index (χ0) is 12.4. The van der Waals surface area contributed by atoms with Crippen LogP contribution in [0.1, 0.15) is 21.5 Å². The van der Waals surface area contributed by atoms with Crippen LogP contribution in [-0.2, 0) is 0 Å². The van der Waals surface area contributed by atoms with Gasteiger partial charge in [-0.3, -0.25) is 9.78 Å². The molecule has 2 aromatic rings. The highest BCUT2D eigenvalue weighted by Crippen LogP contribution is 2.14. The Morgan fingerprint density at radius 3 is 2.53 bits per heavy atom. The molecule has 1 aromatic carbocycles. The van der Waals surface area contributed by atoms with Crippen LogP contribution in [0.4, 0.5) is 8.78 Å². The fraction of sp³-hybridized carbons (Fsp3) is 0.0769. The van der Waals surface area contributed by atoms with E-state index in [2.05, 4.69) is 4.98 Å². The Bertz CT molecular complexity index is 581. The molecule has 0 aliphatic rings. The number of ketones is 1. The fourth-order valence-electron chi connectivity index (χ4n) is 1.44. The van der Waals surface area contributed by atoms with E-state index in [4.69, 9.17) is 0 Å². The highest BCUT2D eigenvalue weighted by Gasteiger charge is 2.11. The quantitative estimate of drug-likeness (QED) is 0.746. The van der Waals surface area contributed by atoms with Gasteiger partial charge in [-0.1, -0.05) is 12.1 Å². The van der Waals surface area contributed by atoms with E-state index in [9.17, 15) is 13.6 Å². The predicted octanol–water partition coefficient (Wildman–Crippen LogP) is 2.90. The summed E-state index contributed by atoms with van der Waals surface area (Å²) in [5, 5.41) is 0. The average Bonchev–Trinajstić information content (AvgIpc) is 2.32. The first-order valence-corrected chi connectivity index (χ1v) is 4.99. The van der Waals surface area contributed by atoms with Crippen molar-refractivity contribution < 1.29 is 13.6 Å². The van der Waals surface area contributed by atoms with E-state index < -0.39 is 17.4 Å². The molecule has 0 radical (unpaired) electrons. The van der Waals surface area contributed by atoms with Gasteiger partial charge in [0, 0.05) is 17.3 Å². The second-order valence-electron chi connectivity index (χ2n) is 3.68. The van der Waals surface area contributed by atoms with E-state index in [0.717, 1.165) is 18.3 Å². The van der Waals surface area contributed by atoms with E-state index >= 15 is 0 Å². The number of aromatic nitrogens is 1. The van der Waals surface area contributed by atoms with E-state index in [0.29, 0.717) is 5.56 Å². The van der Waals surface area contributed by atoms with Crippen LogP contribution in [0.3, 0.4) is 0 Å². The van der Waals surface area contributed by atoms with Gasteiger partial charge in [0.15, 0.2) is 5.78 Å². The standard InChI is InChI=1S/C13H9F2NO/c1-8-2-3-9(5-12(8)15)13(17)10-4-11(14)7-16-6-10/h2-7H,1H3. The lowest BCUT2D eigenvalue weighted by Gasteiger charge is -2.02. The topological polar surface area (TPSA) is 30.0 Å². The lowest BCUT2D eigenvalue weighted by atomic mass is 10.0. The van der Waals surface area contributed by atoms with Crippen LogP contribution in [0.15, 0.2) is 36.7 Å². The van der Waals surface area contributed by atoms with Crippen molar-refractivity contribution >= 4 is 5.78 Å². The number of hydrogen-bond donors (Lipinski definition) is 0. The molecule has 17 heavy (non-hydrogen) atoms. The SMILES string of the molecule is Cc1ccc(C(=O)c2cncc(F)c2)cc1F. The van der Waals surface area contributed by atoms with Crippen molar-refractivity contribution in [2.75, 3.05) is 0 Å². The second kappa shape index (κ2) is 4.41. The van der Waals surface area contributed by atoms with Crippen molar-refractivity contribution in [1.82, 2.24) is 4.98 Å². The summed E-state index contributed by atoms with van der Waals surface area (Å²) in [5.74, 6) is -1.50. The largest absolute Gasteiger partial charge is 0.289 e. The van der Waals surface area contributed by atoms with Crippen LogP contribution in [-0.4, -0.2) is 10.8 Å². The number of nitrogens with zero attached hydrogens (tertiary/aromatic N) is 1. The Hall–Kier alpha value is -2.10. The number of halogens is 2. The monoisotopic (exact) mass is 233 g/mol. The lowest BCUT2D eigenvalue weighted by Crippen LogP contribution is -2.03. The number of benzene rings is 1. The molecule has 86 valence electrons. The molecule has 0 amide bonds. The average molecular weight is 233 g/mol. The Morgan fingerprint density at radius 2 is 1.88 bits per heavy atom. The highest BCUT2D eigenvalue weighted by atomic mass is 19.1. The van der Waals surface area contributed by atoms with Crippen molar-refractivity contribution in [1.29, 1.82) is 0 Å². The number of hydrogen-bond acceptors (Lipinski definition) is 2. The molecular formula is C13H9F2NO. The van der Waals surface area contributed by atoms with Crippen molar-refractivity contribution in [2.45, 2.75) is 6.92 Å². The summed E-state index contributed by atoms with van der Waals surface area (Å²) in [6.07, 6.45) is 2.26. The molecule has 0 N–H and O–H groups in total. The summed E-state index contributed by atoms with van der Waals surface area (Å²) in [6, 6.07) is 5.23. The molecule has 4 heteroatoms. The Labute approximate surface area is 96.9 Å². The molecule has 0 aliphatic heterocycles. The van der Waals surface area contributed by atoms with Gasteiger partial charge in [-0.15, -0.1) is 0 Å². The molecule has 0 saturated carbocycles. The molecule has 1 heterocycles. The van der Waals surface area contributed by atoms with Crippen LogP contribution >= 0.6 is 0 Å². The fourth-order valence-corrected chi connectivity index (χ4v) is 1.44. The molecule has 0 spiro atoms. The minimum Gasteiger partial charge on any atom is -0.289 e. The number of carbonyl (C=O) groups excluding carboxylic acids is 1. The summed E-state index contributed by atoms with van der Waals surface area (Å²) >= 11 is 0. The maximum Gasteiger partial charge on any atom is 0.194 e. The van der Waals surface area contributed by atoms with Gasteiger partial charge in [-0.25, -0.2) is 8.78 Å². The van der Waals surface area contributed by atoms with Gasteiger partial charge in [-0.2, -0.15) is 0 Å². The van der Waals surface area contributed by atoms with Gasteiger partial charge < -0.3 is 0 Å². The van der Waals surface area contributed by atoms with Crippen LogP contribution < -0.4 is 0 Å². The van der Waals surface area contributed by atoms with Crippen molar-refractivity contribution in [3.8, 4) is 0 Å². The summed E-state index contributed by atoms with van der Waals surface area (Å²) in [7, 11) is 0. The van der Waals surface area contributed by atoms with Crippen molar-refractivity contribution in [3.05, 3.63) is 65.0 Å². The number of carbonyl (C=O) groups is 1. The van der Waals surface area contributed by atoms with Crippen LogP contribution in [0.5, 0.6) is 0 Å². The molecular weight excluding hydrogens is 224 g/mol. The third-order valence-corrected chi connectivity index (χ3v) is 2.40. The lowest BCUT2D eigenvalue weighted by molar-refractivity contribution is 0.103. The van der Waals surface area contributed by atoms with E-state index in [-0.39, 0.29) is 11.1 Å². The summed E-state index contributed by atoms with van der Waals surface area (Å²) < 4.78 is 26.2. The second-order valence-corrected chi connectivity index (χ2v) is 3.68. The normalized spacial score (nSPS) is 10.3. The first-order chi connectivity index (χ1) is 8.08. The zero-order valence-corrected chi connectivity index (χ0v) is 9.08. The van der Waals surface area contributed by atoms with Gasteiger partial charge in [-0.05, 0) is 24.6 Å². The van der Waals surface area contributed by atoms with Gasteiger partial charge in [0.2, 0.25) is 0 Å². The maximum absolute atomic E-state index is 13.3. The molecule has 0 aliphatic carbocycles. The summed E-state index contributed by atoms with van der Waals surface area (Å²) in [4.78, 5) is 15.5. The predicted molar refractivity (Wildman–Crippen MR) is 58.8 cm³/mol. The third-order valence-electron chi connectivity index (χ3n) is 2.40. The van der Waals surface area contributed by atoms with Gasteiger partial charge >= 0.3 is 0 Å².